The summed E-state index contributed by atoms with van der Waals surface area (Å²) in [6.07, 6.45) is -0.439. The highest BCUT2D eigenvalue weighted by atomic mass is 19.1. The molecule has 4 nitrogen and oxygen atoms in total. The predicted molar refractivity (Wildman–Crippen MR) is 71.3 cm³/mol. The van der Waals surface area contributed by atoms with Gasteiger partial charge in [0.2, 0.25) is 0 Å². The molecule has 0 amide bonds. The monoisotopic (exact) mass is 271 g/mol. The van der Waals surface area contributed by atoms with Crippen molar-refractivity contribution in [3.8, 4) is 0 Å². The van der Waals surface area contributed by atoms with E-state index in [4.69, 9.17) is 4.74 Å². The molecule has 0 aliphatic heterocycles. The minimum absolute atomic E-state index is 0.185. The number of nitrogens with one attached hydrogen (secondary N) is 1. The van der Waals surface area contributed by atoms with E-state index in [1.807, 2.05) is 0 Å². The minimum atomic E-state index is -0.931. The van der Waals surface area contributed by atoms with Crippen LogP contribution in [0.2, 0.25) is 0 Å². The van der Waals surface area contributed by atoms with E-state index in [2.05, 4.69) is 5.32 Å². The van der Waals surface area contributed by atoms with Crippen molar-refractivity contribution in [2.45, 2.75) is 25.0 Å². The number of aliphatic hydroxyl groups is 2. The van der Waals surface area contributed by atoms with Crippen LogP contribution in [0.15, 0.2) is 24.3 Å². The summed E-state index contributed by atoms with van der Waals surface area (Å²) in [4.78, 5) is 0. The average Bonchev–Trinajstić information content (AvgIpc) is 2.36. The second-order valence-electron chi connectivity index (χ2n) is 4.91. The molecule has 2 atom stereocenters. The van der Waals surface area contributed by atoms with E-state index < -0.39 is 17.5 Å². The van der Waals surface area contributed by atoms with Gasteiger partial charge in [0.15, 0.2) is 0 Å². The van der Waals surface area contributed by atoms with Crippen molar-refractivity contribution >= 4 is 0 Å². The van der Waals surface area contributed by atoms with Crippen molar-refractivity contribution in [2.24, 2.45) is 0 Å². The molecule has 0 spiro atoms. The van der Waals surface area contributed by atoms with E-state index in [9.17, 15) is 14.6 Å². The van der Waals surface area contributed by atoms with Crippen LogP contribution in [-0.2, 0) is 4.74 Å². The molecule has 0 bridgehead atoms. The lowest BCUT2D eigenvalue weighted by atomic mass is 10.0. The van der Waals surface area contributed by atoms with Crippen molar-refractivity contribution in [3.63, 3.8) is 0 Å². The number of hydrogen-bond donors (Lipinski definition) is 3. The summed E-state index contributed by atoms with van der Waals surface area (Å²) in [5, 5.41) is 22.8. The summed E-state index contributed by atoms with van der Waals surface area (Å²) in [5.41, 5.74) is -0.656. The van der Waals surface area contributed by atoms with Crippen LogP contribution in [-0.4, -0.2) is 42.6 Å². The maximum atomic E-state index is 13.4. The highest BCUT2D eigenvalue weighted by Gasteiger charge is 2.20. The number of halogens is 1. The van der Waals surface area contributed by atoms with Gasteiger partial charge in [-0.2, -0.15) is 0 Å². The number of rotatable bonds is 8. The standard InChI is InChI=1S/C14H22FNO3/c1-14(18,7-8-19-2)10-16-9-13(17)11-5-3-4-6-12(11)15/h3-6,13,16-18H,7-10H2,1-2H3. The van der Waals surface area contributed by atoms with Crippen LogP contribution in [0.1, 0.15) is 25.0 Å². The van der Waals surface area contributed by atoms with Crippen molar-refractivity contribution in [1.29, 1.82) is 0 Å². The molecule has 0 aromatic heterocycles. The highest BCUT2D eigenvalue weighted by molar-refractivity contribution is 5.19. The first kappa shape index (κ1) is 16.0. The largest absolute Gasteiger partial charge is 0.389 e. The Balaban J connectivity index is 2.39. The van der Waals surface area contributed by atoms with E-state index in [0.717, 1.165) is 0 Å². The second kappa shape index (κ2) is 7.55. The topological polar surface area (TPSA) is 61.7 Å². The van der Waals surface area contributed by atoms with Crippen LogP contribution >= 0.6 is 0 Å². The SMILES string of the molecule is COCCC(C)(O)CNCC(O)c1ccccc1F. The van der Waals surface area contributed by atoms with Gasteiger partial charge < -0.3 is 20.3 Å². The summed E-state index contributed by atoms with van der Waals surface area (Å²) >= 11 is 0. The quantitative estimate of drug-likeness (QED) is 0.665. The molecule has 0 saturated carbocycles. The van der Waals surface area contributed by atoms with Gasteiger partial charge >= 0.3 is 0 Å². The third kappa shape index (κ3) is 5.65. The van der Waals surface area contributed by atoms with Crippen molar-refractivity contribution in [1.82, 2.24) is 5.32 Å². The molecular formula is C14H22FNO3. The highest BCUT2D eigenvalue weighted by Crippen LogP contribution is 2.16. The molecule has 0 aliphatic rings. The third-order valence-electron chi connectivity index (χ3n) is 2.95. The van der Waals surface area contributed by atoms with Gasteiger partial charge in [0.1, 0.15) is 5.82 Å². The first-order valence-corrected chi connectivity index (χ1v) is 6.31. The zero-order valence-electron chi connectivity index (χ0n) is 11.4. The molecule has 108 valence electrons. The number of aliphatic hydroxyl groups excluding tert-OH is 1. The van der Waals surface area contributed by atoms with Crippen LogP contribution in [0.3, 0.4) is 0 Å². The molecule has 3 N–H and O–H groups in total. The van der Waals surface area contributed by atoms with E-state index in [-0.39, 0.29) is 12.1 Å². The van der Waals surface area contributed by atoms with Crippen LogP contribution in [0.25, 0.3) is 0 Å². The Hall–Kier alpha value is -1.01. The van der Waals surface area contributed by atoms with Crippen LogP contribution < -0.4 is 5.32 Å². The Morgan fingerprint density at radius 1 is 1.42 bits per heavy atom. The molecule has 2 unspecified atom stereocenters. The molecular weight excluding hydrogens is 249 g/mol. The number of hydrogen-bond acceptors (Lipinski definition) is 4. The second-order valence-corrected chi connectivity index (χ2v) is 4.91. The molecule has 0 aliphatic carbocycles. The van der Waals surface area contributed by atoms with Gasteiger partial charge in [-0.3, -0.25) is 0 Å². The number of ether oxygens (including phenoxy) is 1. The molecule has 19 heavy (non-hydrogen) atoms. The molecule has 0 saturated heterocycles. The zero-order chi connectivity index (χ0) is 14.3. The van der Waals surface area contributed by atoms with Crippen LogP contribution in [0.4, 0.5) is 4.39 Å². The third-order valence-corrected chi connectivity index (χ3v) is 2.95. The Morgan fingerprint density at radius 2 is 2.11 bits per heavy atom. The van der Waals surface area contributed by atoms with Gasteiger partial charge in [-0.15, -0.1) is 0 Å². The number of benzene rings is 1. The first-order chi connectivity index (χ1) is 8.96. The van der Waals surface area contributed by atoms with Gasteiger partial charge in [-0.05, 0) is 13.0 Å². The van der Waals surface area contributed by atoms with Crippen LogP contribution in [0.5, 0.6) is 0 Å². The molecule has 1 aromatic carbocycles. The summed E-state index contributed by atoms with van der Waals surface area (Å²) in [6.45, 7) is 2.64. The fourth-order valence-electron chi connectivity index (χ4n) is 1.74. The summed E-state index contributed by atoms with van der Waals surface area (Å²) in [7, 11) is 1.57. The normalized spacial score (nSPS) is 16.1. The molecule has 1 rings (SSSR count). The lowest BCUT2D eigenvalue weighted by Crippen LogP contribution is -2.40. The summed E-state index contributed by atoms with van der Waals surface area (Å²) < 4.78 is 18.3. The van der Waals surface area contributed by atoms with E-state index >= 15 is 0 Å². The summed E-state index contributed by atoms with van der Waals surface area (Å²) in [5.74, 6) is -0.428. The Labute approximate surface area is 113 Å². The average molecular weight is 271 g/mol. The van der Waals surface area contributed by atoms with E-state index in [0.29, 0.717) is 19.6 Å². The lowest BCUT2D eigenvalue weighted by molar-refractivity contribution is 0.0224. The Bertz CT molecular complexity index is 385. The van der Waals surface area contributed by atoms with Gasteiger partial charge in [-0.25, -0.2) is 4.39 Å². The van der Waals surface area contributed by atoms with Crippen molar-refractivity contribution in [3.05, 3.63) is 35.6 Å². The molecule has 0 heterocycles. The first-order valence-electron chi connectivity index (χ1n) is 6.31. The zero-order valence-corrected chi connectivity index (χ0v) is 11.4. The number of methoxy groups -OCH3 is 1. The Morgan fingerprint density at radius 3 is 2.74 bits per heavy atom. The summed E-state index contributed by atoms with van der Waals surface area (Å²) in [6, 6.07) is 6.11. The van der Waals surface area contributed by atoms with Gasteiger partial charge in [-0.1, -0.05) is 18.2 Å². The minimum Gasteiger partial charge on any atom is -0.389 e. The molecule has 1 aromatic rings. The Kier molecular flexibility index (Phi) is 6.37. The predicted octanol–water partition coefficient (Wildman–Crippen LogP) is 1.24. The van der Waals surface area contributed by atoms with Crippen molar-refractivity contribution < 1.29 is 19.3 Å². The van der Waals surface area contributed by atoms with Gasteiger partial charge in [0.25, 0.3) is 0 Å². The maximum absolute atomic E-state index is 13.4. The maximum Gasteiger partial charge on any atom is 0.129 e. The smallest absolute Gasteiger partial charge is 0.129 e. The van der Waals surface area contributed by atoms with Crippen LogP contribution in [0, 0.1) is 5.82 Å². The van der Waals surface area contributed by atoms with Crippen molar-refractivity contribution in [2.75, 3.05) is 26.8 Å². The fraction of sp³-hybridized carbons (Fsp3) is 0.571. The fourth-order valence-corrected chi connectivity index (χ4v) is 1.74. The van der Waals surface area contributed by atoms with Gasteiger partial charge in [0.05, 0.1) is 11.7 Å². The van der Waals surface area contributed by atoms with Gasteiger partial charge in [0, 0.05) is 38.8 Å². The molecule has 0 fully saturated rings. The molecule has 0 radical (unpaired) electrons. The van der Waals surface area contributed by atoms with E-state index in [1.165, 1.54) is 6.07 Å². The lowest BCUT2D eigenvalue weighted by Gasteiger charge is -2.24. The van der Waals surface area contributed by atoms with E-state index in [1.54, 1.807) is 32.2 Å². The molecule has 5 heteroatoms.